The molecule has 0 aliphatic carbocycles. The van der Waals surface area contributed by atoms with Gasteiger partial charge in [-0.2, -0.15) is 0 Å². The van der Waals surface area contributed by atoms with Gasteiger partial charge in [0.1, 0.15) is 11.6 Å². The smallest absolute Gasteiger partial charge is 0.168 e. The quantitative estimate of drug-likeness (QED) is 0.888. The van der Waals surface area contributed by atoms with E-state index in [0.29, 0.717) is 5.56 Å². The molecule has 0 saturated carbocycles. The average molecular weight is 238 g/mol. The first-order valence-electron chi connectivity index (χ1n) is 4.94. The number of anilines is 1. The van der Waals surface area contributed by atoms with E-state index in [4.69, 9.17) is 0 Å². The summed E-state index contributed by atoms with van der Waals surface area (Å²) in [6, 6.07) is 6.63. The van der Waals surface area contributed by atoms with Crippen molar-refractivity contribution in [2.45, 2.75) is 6.54 Å². The Morgan fingerprint density at radius 1 is 1.06 bits per heavy atom. The summed E-state index contributed by atoms with van der Waals surface area (Å²) in [7, 11) is 0. The first kappa shape index (κ1) is 11.4. The van der Waals surface area contributed by atoms with Crippen LogP contribution < -0.4 is 5.32 Å². The number of halogens is 3. The van der Waals surface area contributed by atoms with E-state index in [-0.39, 0.29) is 18.2 Å². The summed E-state index contributed by atoms with van der Waals surface area (Å²) in [6.45, 7) is 0.216. The molecular weight excluding hydrogens is 229 g/mol. The molecule has 0 radical (unpaired) electrons. The summed E-state index contributed by atoms with van der Waals surface area (Å²) < 4.78 is 38.6. The van der Waals surface area contributed by atoms with Crippen LogP contribution in [0.1, 0.15) is 5.56 Å². The maximum atomic E-state index is 13.2. The van der Waals surface area contributed by atoms with Crippen molar-refractivity contribution in [3.63, 3.8) is 0 Å². The molecule has 0 aliphatic heterocycles. The summed E-state index contributed by atoms with van der Waals surface area (Å²) in [5, 5.41) is 2.66. The van der Waals surface area contributed by atoms with E-state index in [1.54, 1.807) is 12.1 Å². The molecule has 2 aromatic rings. The Balaban J connectivity index is 2.07. The van der Waals surface area contributed by atoms with E-state index in [9.17, 15) is 13.2 Å². The maximum absolute atomic E-state index is 13.2. The molecule has 5 heteroatoms. The van der Waals surface area contributed by atoms with Crippen LogP contribution in [0.4, 0.5) is 19.0 Å². The van der Waals surface area contributed by atoms with Crippen LogP contribution in [0, 0.1) is 17.5 Å². The Kier molecular flexibility index (Phi) is 3.27. The zero-order chi connectivity index (χ0) is 12.3. The second kappa shape index (κ2) is 4.86. The molecule has 0 atom stereocenters. The van der Waals surface area contributed by atoms with Crippen molar-refractivity contribution in [3.8, 4) is 0 Å². The fourth-order valence-corrected chi connectivity index (χ4v) is 1.38. The van der Waals surface area contributed by atoms with Crippen LogP contribution in [0.5, 0.6) is 0 Å². The Hall–Kier alpha value is -2.04. The minimum absolute atomic E-state index is 0.0596. The van der Waals surface area contributed by atoms with E-state index < -0.39 is 11.6 Å². The van der Waals surface area contributed by atoms with Gasteiger partial charge in [-0.1, -0.05) is 12.1 Å². The highest BCUT2D eigenvalue weighted by atomic mass is 19.1. The number of hydrogen-bond donors (Lipinski definition) is 1. The van der Waals surface area contributed by atoms with Gasteiger partial charge in [0.25, 0.3) is 0 Å². The second-order valence-corrected chi connectivity index (χ2v) is 3.47. The molecule has 1 N–H and O–H groups in total. The van der Waals surface area contributed by atoms with Gasteiger partial charge >= 0.3 is 0 Å². The standard InChI is InChI=1S/C12H9F3N2/c13-9-3-1-2-8(4-9)6-16-12-11(15)5-10(14)7-17-12/h1-5,7H,6H2,(H,16,17). The first-order valence-corrected chi connectivity index (χ1v) is 4.94. The molecule has 2 nitrogen and oxygen atoms in total. The number of nitrogens with one attached hydrogen (secondary N) is 1. The third kappa shape index (κ3) is 2.96. The van der Waals surface area contributed by atoms with E-state index in [2.05, 4.69) is 10.3 Å². The number of aromatic nitrogens is 1. The van der Waals surface area contributed by atoms with Crippen LogP contribution in [0.25, 0.3) is 0 Å². The van der Waals surface area contributed by atoms with Crippen LogP contribution >= 0.6 is 0 Å². The topological polar surface area (TPSA) is 24.9 Å². The lowest BCUT2D eigenvalue weighted by atomic mass is 10.2. The fourth-order valence-electron chi connectivity index (χ4n) is 1.38. The molecule has 0 saturated heterocycles. The Morgan fingerprint density at radius 2 is 1.88 bits per heavy atom. The van der Waals surface area contributed by atoms with Crippen LogP contribution in [-0.2, 0) is 6.54 Å². The highest BCUT2D eigenvalue weighted by molar-refractivity contribution is 5.37. The van der Waals surface area contributed by atoms with Gasteiger partial charge in [-0.05, 0) is 17.7 Å². The lowest BCUT2D eigenvalue weighted by Gasteiger charge is -2.06. The van der Waals surface area contributed by atoms with E-state index >= 15 is 0 Å². The molecule has 0 aliphatic rings. The molecule has 0 amide bonds. The number of benzene rings is 1. The molecular formula is C12H9F3N2. The summed E-state index contributed by atoms with van der Waals surface area (Å²) in [6.07, 6.45) is 0.914. The Morgan fingerprint density at radius 3 is 2.59 bits per heavy atom. The van der Waals surface area contributed by atoms with Crippen molar-refractivity contribution in [2.24, 2.45) is 0 Å². The average Bonchev–Trinajstić information content (AvgIpc) is 2.28. The summed E-state index contributed by atoms with van der Waals surface area (Å²) in [5.74, 6) is -1.94. The van der Waals surface area contributed by atoms with E-state index in [1.165, 1.54) is 12.1 Å². The van der Waals surface area contributed by atoms with Gasteiger partial charge in [-0.3, -0.25) is 0 Å². The highest BCUT2D eigenvalue weighted by Crippen LogP contribution is 2.13. The Labute approximate surface area is 96.1 Å². The lowest BCUT2D eigenvalue weighted by molar-refractivity contribution is 0.575. The highest BCUT2D eigenvalue weighted by Gasteiger charge is 2.04. The molecule has 0 fully saturated rings. The number of nitrogens with zero attached hydrogens (tertiary/aromatic N) is 1. The van der Waals surface area contributed by atoms with Crippen LogP contribution in [0.3, 0.4) is 0 Å². The van der Waals surface area contributed by atoms with Crippen molar-refractivity contribution in [1.82, 2.24) is 4.98 Å². The van der Waals surface area contributed by atoms with Gasteiger partial charge in [0.2, 0.25) is 0 Å². The van der Waals surface area contributed by atoms with Crippen LogP contribution in [0.2, 0.25) is 0 Å². The molecule has 0 spiro atoms. The number of hydrogen-bond acceptors (Lipinski definition) is 2. The molecule has 1 aromatic carbocycles. The largest absolute Gasteiger partial charge is 0.364 e. The molecule has 1 heterocycles. The minimum atomic E-state index is -0.776. The van der Waals surface area contributed by atoms with Crippen LogP contribution in [-0.4, -0.2) is 4.98 Å². The minimum Gasteiger partial charge on any atom is -0.364 e. The van der Waals surface area contributed by atoms with Gasteiger partial charge < -0.3 is 5.32 Å². The van der Waals surface area contributed by atoms with Crippen LogP contribution in [0.15, 0.2) is 36.5 Å². The fraction of sp³-hybridized carbons (Fsp3) is 0.0833. The van der Waals surface area contributed by atoms with E-state index in [1.807, 2.05) is 0 Å². The zero-order valence-electron chi connectivity index (χ0n) is 8.75. The molecule has 88 valence electrons. The monoisotopic (exact) mass is 238 g/mol. The maximum Gasteiger partial charge on any atom is 0.168 e. The molecule has 2 rings (SSSR count). The summed E-state index contributed by atoms with van der Waals surface area (Å²) in [4.78, 5) is 3.56. The third-order valence-corrected chi connectivity index (χ3v) is 2.16. The lowest BCUT2D eigenvalue weighted by Crippen LogP contribution is -2.04. The number of rotatable bonds is 3. The molecule has 0 bridgehead atoms. The van der Waals surface area contributed by atoms with E-state index in [0.717, 1.165) is 12.3 Å². The SMILES string of the molecule is Fc1cccc(CNc2ncc(F)cc2F)c1. The van der Waals surface area contributed by atoms with Gasteiger partial charge in [-0.25, -0.2) is 18.2 Å². The molecule has 0 unspecified atom stereocenters. The van der Waals surface area contributed by atoms with Gasteiger partial charge in [0.05, 0.1) is 6.20 Å². The normalized spacial score (nSPS) is 10.3. The van der Waals surface area contributed by atoms with Crippen molar-refractivity contribution in [3.05, 3.63) is 59.5 Å². The molecule has 1 aromatic heterocycles. The van der Waals surface area contributed by atoms with Crippen molar-refractivity contribution in [1.29, 1.82) is 0 Å². The van der Waals surface area contributed by atoms with Crippen molar-refractivity contribution >= 4 is 5.82 Å². The first-order chi connectivity index (χ1) is 8.15. The van der Waals surface area contributed by atoms with Gasteiger partial charge in [0, 0.05) is 12.6 Å². The second-order valence-electron chi connectivity index (χ2n) is 3.47. The summed E-state index contributed by atoms with van der Waals surface area (Å²) >= 11 is 0. The van der Waals surface area contributed by atoms with Crippen molar-refractivity contribution < 1.29 is 13.2 Å². The zero-order valence-corrected chi connectivity index (χ0v) is 8.75. The number of pyridine rings is 1. The predicted octanol–water partition coefficient (Wildman–Crippen LogP) is 3.11. The van der Waals surface area contributed by atoms with Gasteiger partial charge in [0.15, 0.2) is 11.6 Å². The third-order valence-electron chi connectivity index (χ3n) is 2.16. The molecule has 17 heavy (non-hydrogen) atoms. The predicted molar refractivity (Wildman–Crippen MR) is 57.9 cm³/mol. The summed E-state index contributed by atoms with van der Waals surface area (Å²) in [5.41, 5.74) is 0.649. The Bertz CT molecular complexity index is 529. The van der Waals surface area contributed by atoms with Crippen molar-refractivity contribution in [2.75, 3.05) is 5.32 Å². The van der Waals surface area contributed by atoms with Gasteiger partial charge in [-0.15, -0.1) is 0 Å².